The number of nitrogens with one attached hydrogen (secondary N) is 2. The standard InChI is InChI=1S/C20H24FN3O3/c1-13(20(26)24(3)12-15-6-5-7-16(21)10-15)22-18-11-17(23-14(2)25)8-9-19(18)27-4/h5-11,13,22H,12H2,1-4H3,(H,23,25). The number of halogens is 1. The van der Waals surface area contributed by atoms with Crippen LogP contribution < -0.4 is 15.4 Å². The van der Waals surface area contributed by atoms with Crippen molar-refractivity contribution in [1.82, 2.24) is 4.90 Å². The van der Waals surface area contributed by atoms with E-state index in [1.165, 1.54) is 31.1 Å². The quantitative estimate of drug-likeness (QED) is 0.782. The van der Waals surface area contributed by atoms with E-state index >= 15 is 0 Å². The fourth-order valence-electron chi connectivity index (χ4n) is 2.71. The van der Waals surface area contributed by atoms with Crippen LogP contribution in [0.5, 0.6) is 5.75 Å². The third-order valence-electron chi connectivity index (χ3n) is 3.95. The van der Waals surface area contributed by atoms with Gasteiger partial charge in [-0.2, -0.15) is 0 Å². The van der Waals surface area contributed by atoms with E-state index in [1.54, 1.807) is 44.3 Å². The summed E-state index contributed by atoms with van der Waals surface area (Å²) in [7, 11) is 3.19. The minimum absolute atomic E-state index is 0.161. The van der Waals surface area contributed by atoms with Crippen LogP contribution >= 0.6 is 0 Å². The molecule has 1 unspecified atom stereocenters. The molecule has 2 rings (SSSR count). The van der Waals surface area contributed by atoms with Crippen LogP contribution in [0.3, 0.4) is 0 Å². The predicted molar refractivity (Wildman–Crippen MR) is 103 cm³/mol. The van der Waals surface area contributed by atoms with Crippen LogP contribution in [0.2, 0.25) is 0 Å². The molecule has 7 heteroatoms. The van der Waals surface area contributed by atoms with Crippen molar-refractivity contribution in [3.63, 3.8) is 0 Å². The number of carbonyl (C=O) groups is 2. The van der Waals surface area contributed by atoms with Crippen molar-refractivity contribution in [3.8, 4) is 5.75 Å². The van der Waals surface area contributed by atoms with E-state index < -0.39 is 6.04 Å². The molecule has 0 saturated heterocycles. The van der Waals surface area contributed by atoms with Gasteiger partial charge in [-0.1, -0.05) is 12.1 Å². The molecule has 0 radical (unpaired) electrons. The maximum Gasteiger partial charge on any atom is 0.244 e. The summed E-state index contributed by atoms with van der Waals surface area (Å²) in [5, 5.41) is 5.81. The molecule has 2 amide bonds. The van der Waals surface area contributed by atoms with Crippen molar-refractivity contribution in [2.75, 3.05) is 24.8 Å². The molecule has 2 N–H and O–H groups in total. The van der Waals surface area contributed by atoms with Crippen LogP contribution in [0, 0.1) is 5.82 Å². The second kappa shape index (κ2) is 9.02. The zero-order valence-corrected chi connectivity index (χ0v) is 15.9. The molecular formula is C20H24FN3O3. The average molecular weight is 373 g/mol. The molecule has 27 heavy (non-hydrogen) atoms. The number of ether oxygens (including phenoxy) is 1. The molecule has 2 aromatic carbocycles. The lowest BCUT2D eigenvalue weighted by atomic mass is 10.2. The van der Waals surface area contributed by atoms with Gasteiger partial charge in [-0.3, -0.25) is 9.59 Å². The first kappa shape index (κ1) is 20.2. The van der Waals surface area contributed by atoms with Crippen molar-refractivity contribution in [1.29, 1.82) is 0 Å². The summed E-state index contributed by atoms with van der Waals surface area (Å²) in [4.78, 5) is 25.4. The largest absolute Gasteiger partial charge is 0.495 e. The Morgan fingerprint density at radius 2 is 1.96 bits per heavy atom. The summed E-state index contributed by atoms with van der Waals surface area (Å²) in [6, 6.07) is 10.7. The van der Waals surface area contributed by atoms with Crippen LogP contribution in [0.4, 0.5) is 15.8 Å². The fraction of sp³-hybridized carbons (Fsp3) is 0.300. The minimum atomic E-state index is -0.551. The van der Waals surface area contributed by atoms with Crippen molar-refractivity contribution in [3.05, 3.63) is 53.8 Å². The predicted octanol–water partition coefficient (Wildman–Crippen LogP) is 3.25. The highest BCUT2D eigenvalue weighted by molar-refractivity contribution is 5.90. The Balaban J connectivity index is 2.09. The molecule has 0 aromatic heterocycles. The first-order valence-corrected chi connectivity index (χ1v) is 8.51. The van der Waals surface area contributed by atoms with E-state index in [0.29, 0.717) is 29.2 Å². The second-order valence-electron chi connectivity index (χ2n) is 6.29. The number of hydrogen-bond acceptors (Lipinski definition) is 4. The highest BCUT2D eigenvalue weighted by atomic mass is 19.1. The number of benzene rings is 2. The van der Waals surface area contributed by atoms with Crippen molar-refractivity contribution in [2.45, 2.75) is 26.4 Å². The van der Waals surface area contributed by atoms with Gasteiger partial charge < -0.3 is 20.3 Å². The highest BCUT2D eigenvalue weighted by Crippen LogP contribution is 2.28. The van der Waals surface area contributed by atoms with Gasteiger partial charge in [0.05, 0.1) is 12.8 Å². The van der Waals surface area contributed by atoms with E-state index in [9.17, 15) is 14.0 Å². The maximum absolute atomic E-state index is 13.3. The zero-order valence-electron chi connectivity index (χ0n) is 15.9. The Morgan fingerprint density at radius 1 is 1.22 bits per heavy atom. The molecule has 0 fully saturated rings. The lowest BCUT2D eigenvalue weighted by molar-refractivity contribution is -0.130. The summed E-state index contributed by atoms with van der Waals surface area (Å²) in [6.45, 7) is 3.45. The Morgan fingerprint density at radius 3 is 2.59 bits per heavy atom. The topological polar surface area (TPSA) is 70.7 Å². The van der Waals surface area contributed by atoms with E-state index in [-0.39, 0.29) is 17.6 Å². The van der Waals surface area contributed by atoms with Gasteiger partial charge in [-0.15, -0.1) is 0 Å². The molecule has 0 spiro atoms. The normalized spacial score (nSPS) is 11.4. The van der Waals surface area contributed by atoms with Crippen LogP contribution in [-0.4, -0.2) is 36.9 Å². The first-order valence-electron chi connectivity index (χ1n) is 8.51. The maximum atomic E-state index is 13.3. The van der Waals surface area contributed by atoms with Gasteiger partial charge in [-0.05, 0) is 42.8 Å². The molecule has 6 nitrogen and oxygen atoms in total. The number of amides is 2. The Bertz CT molecular complexity index is 826. The van der Waals surface area contributed by atoms with E-state index in [1.807, 2.05) is 0 Å². The van der Waals surface area contributed by atoms with Gasteiger partial charge in [0.15, 0.2) is 0 Å². The summed E-state index contributed by atoms with van der Waals surface area (Å²) >= 11 is 0. The molecule has 2 aromatic rings. The van der Waals surface area contributed by atoms with Gasteiger partial charge in [0, 0.05) is 26.2 Å². The van der Waals surface area contributed by atoms with Gasteiger partial charge in [0.1, 0.15) is 17.6 Å². The van der Waals surface area contributed by atoms with Gasteiger partial charge in [0.25, 0.3) is 0 Å². The van der Waals surface area contributed by atoms with Gasteiger partial charge >= 0.3 is 0 Å². The Labute approximate surface area is 158 Å². The monoisotopic (exact) mass is 373 g/mol. The molecule has 144 valence electrons. The van der Waals surface area contributed by atoms with Crippen molar-refractivity contribution >= 4 is 23.2 Å². The summed E-state index contributed by atoms with van der Waals surface area (Å²) in [5.41, 5.74) is 1.89. The number of rotatable bonds is 7. The van der Waals surface area contributed by atoms with E-state index in [2.05, 4.69) is 10.6 Å². The smallest absolute Gasteiger partial charge is 0.244 e. The second-order valence-corrected chi connectivity index (χ2v) is 6.29. The van der Waals surface area contributed by atoms with Crippen molar-refractivity contribution < 1.29 is 18.7 Å². The number of likely N-dealkylation sites (N-methyl/N-ethyl adjacent to an activating group) is 1. The van der Waals surface area contributed by atoms with E-state index in [0.717, 1.165) is 0 Å². The first-order chi connectivity index (χ1) is 12.8. The summed E-state index contributed by atoms with van der Waals surface area (Å²) in [6.07, 6.45) is 0. The number of nitrogens with zero attached hydrogens (tertiary/aromatic N) is 1. The van der Waals surface area contributed by atoms with Crippen molar-refractivity contribution in [2.24, 2.45) is 0 Å². The van der Waals surface area contributed by atoms with Crippen LogP contribution in [0.1, 0.15) is 19.4 Å². The number of hydrogen-bond donors (Lipinski definition) is 2. The highest BCUT2D eigenvalue weighted by Gasteiger charge is 2.19. The Kier molecular flexibility index (Phi) is 6.76. The number of carbonyl (C=O) groups excluding carboxylic acids is 2. The number of anilines is 2. The third kappa shape index (κ3) is 5.70. The van der Waals surface area contributed by atoms with Crippen LogP contribution in [0.25, 0.3) is 0 Å². The molecule has 0 bridgehead atoms. The fourth-order valence-corrected chi connectivity index (χ4v) is 2.71. The molecule has 1 atom stereocenters. The van der Waals surface area contributed by atoms with Crippen LogP contribution in [0.15, 0.2) is 42.5 Å². The molecule has 0 aliphatic rings. The summed E-state index contributed by atoms with van der Waals surface area (Å²) in [5.74, 6) is -0.133. The Hall–Kier alpha value is -3.09. The lowest BCUT2D eigenvalue weighted by Crippen LogP contribution is -2.38. The van der Waals surface area contributed by atoms with Gasteiger partial charge in [0.2, 0.25) is 11.8 Å². The molecule has 0 aliphatic carbocycles. The molecule has 0 saturated carbocycles. The summed E-state index contributed by atoms with van der Waals surface area (Å²) < 4.78 is 18.6. The van der Waals surface area contributed by atoms with Gasteiger partial charge in [-0.25, -0.2) is 4.39 Å². The SMILES string of the molecule is COc1ccc(NC(C)=O)cc1NC(C)C(=O)N(C)Cc1cccc(F)c1. The molecular weight excluding hydrogens is 349 g/mol. The zero-order chi connectivity index (χ0) is 20.0. The van der Waals surface area contributed by atoms with Crippen LogP contribution in [-0.2, 0) is 16.1 Å². The third-order valence-corrected chi connectivity index (χ3v) is 3.95. The number of methoxy groups -OCH3 is 1. The lowest BCUT2D eigenvalue weighted by Gasteiger charge is -2.24. The molecule has 0 aliphatic heterocycles. The van der Waals surface area contributed by atoms with E-state index in [4.69, 9.17) is 4.74 Å². The molecule has 0 heterocycles. The minimum Gasteiger partial charge on any atom is -0.495 e. The average Bonchev–Trinajstić information content (AvgIpc) is 2.60.